The smallest absolute Gasteiger partial charge is 0.339 e. The molecule has 3 heterocycles. The molecule has 0 spiro atoms. The van der Waals surface area contributed by atoms with Crippen molar-refractivity contribution in [3.8, 4) is 5.00 Å². The van der Waals surface area contributed by atoms with E-state index in [2.05, 4.69) is 15.3 Å². The van der Waals surface area contributed by atoms with Gasteiger partial charge in [0.05, 0.1) is 11.8 Å². The Labute approximate surface area is 154 Å². The SMILES string of the molecule is Cc1cc(C=Nn2cnnc2)c(C)n1-c1sc2c(c1C(=O)O)CCCC2. The monoisotopic (exact) mass is 369 g/mol. The zero-order valence-electron chi connectivity index (χ0n) is 14.6. The van der Waals surface area contributed by atoms with Crippen LogP contribution in [-0.4, -0.2) is 36.7 Å². The van der Waals surface area contributed by atoms with E-state index in [4.69, 9.17) is 0 Å². The molecule has 3 aromatic rings. The molecule has 0 amide bonds. The molecule has 1 N–H and O–H groups in total. The van der Waals surface area contributed by atoms with E-state index in [0.29, 0.717) is 5.56 Å². The lowest BCUT2D eigenvalue weighted by atomic mass is 9.95. The maximum Gasteiger partial charge on any atom is 0.339 e. The van der Waals surface area contributed by atoms with Crippen LogP contribution in [0.1, 0.15) is 50.6 Å². The number of fused-ring (bicyclic) bond motifs is 1. The molecule has 134 valence electrons. The van der Waals surface area contributed by atoms with Gasteiger partial charge in [0.1, 0.15) is 17.7 Å². The summed E-state index contributed by atoms with van der Waals surface area (Å²) in [6, 6.07) is 2.02. The van der Waals surface area contributed by atoms with E-state index in [1.165, 1.54) is 22.2 Å². The molecule has 0 saturated carbocycles. The van der Waals surface area contributed by atoms with E-state index in [-0.39, 0.29) is 0 Å². The van der Waals surface area contributed by atoms with Gasteiger partial charge < -0.3 is 9.67 Å². The van der Waals surface area contributed by atoms with Crippen LogP contribution < -0.4 is 0 Å². The Kier molecular flexibility index (Phi) is 4.20. The molecule has 0 bridgehead atoms. The first-order valence-electron chi connectivity index (χ1n) is 8.52. The van der Waals surface area contributed by atoms with Crippen LogP contribution in [0, 0.1) is 13.8 Å². The van der Waals surface area contributed by atoms with Crippen molar-refractivity contribution in [3.63, 3.8) is 0 Å². The Bertz CT molecular complexity index is 998. The Morgan fingerprint density at radius 3 is 2.73 bits per heavy atom. The summed E-state index contributed by atoms with van der Waals surface area (Å²) in [6.07, 6.45) is 8.81. The molecular weight excluding hydrogens is 350 g/mol. The summed E-state index contributed by atoms with van der Waals surface area (Å²) in [5.74, 6) is -0.841. The van der Waals surface area contributed by atoms with E-state index in [9.17, 15) is 9.90 Å². The van der Waals surface area contributed by atoms with Gasteiger partial charge >= 0.3 is 5.97 Å². The van der Waals surface area contributed by atoms with Crippen molar-refractivity contribution in [3.05, 3.63) is 51.7 Å². The number of nitrogens with zero attached hydrogens (tertiary/aromatic N) is 5. The molecule has 0 radical (unpaired) electrons. The first-order chi connectivity index (χ1) is 12.6. The summed E-state index contributed by atoms with van der Waals surface area (Å²) < 4.78 is 3.57. The van der Waals surface area contributed by atoms with Gasteiger partial charge in [-0.1, -0.05) is 0 Å². The lowest BCUT2D eigenvalue weighted by molar-refractivity contribution is 0.0696. The quantitative estimate of drug-likeness (QED) is 0.716. The Hall–Kier alpha value is -2.74. The molecule has 1 aliphatic rings. The zero-order chi connectivity index (χ0) is 18.3. The van der Waals surface area contributed by atoms with Crippen molar-refractivity contribution in [2.45, 2.75) is 39.5 Å². The maximum atomic E-state index is 12.0. The average molecular weight is 369 g/mol. The summed E-state index contributed by atoms with van der Waals surface area (Å²) in [7, 11) is 0. The third-order valence-electron chi connectivity index (χ3n) is 4.78. The summed E-state index contributed by atoms with van der Waals surface area (Å²) in [4.78, 5) is 13.2. The highest BCUT2D eigenvalue weighted by molar-refractivity contribution is 7.15. The molecular formula is C18H19N5O2S. The number of thiophene rings is 1. The minimum atomic E-state index is -0.841. The number of aromatic nitrogens is 4. The van der Waals surface area contributed by atoms with Gasteiger partial charge in [0.15, 0.2) is 0 Å². The molecule has 0 fully saturated rings. The van der Waals surface area contributed by atoms with Gasteiger partial charge in [0.2, 0.25) is 0 Å². The first kappa shape index (κ1) is 16.7. The summed E-state index contributed by atoms with van der Waals surface area (Å²) >= 11 is 1.61. The van der Waals surface area contributed by atoms with Crippen LogP contribution in [0.25, 0.3) is 5.00 Å². The van der Waals surface area contributed by atoms with Crippen LogP contribution in [0.5, 0.6) is 0 Å². The van der Waals surface area contributed by atoms with Crippen molar-refractivity contribution < 1.29 is 9.90 Å². The van der Waals surface area contributed by atoms with E-state index < -0.39 is 5.97 Å². The van der Waals surface area contributed by atoms with Crippen molar-refractivity contribution in [1.82, 2.24) is 19.4 Å². The number of aryl methyl sites for hydroxylation is 2. The number of carbonyl (C=O) groups is 1. The van der Waals surface area contributed by atoms with Crippen LogP contribution >= 0.6 is 11.3 Å². The Morgan fingerprint density at radius 2 is 2.00 bits per heavy atom. The number of aromatic carboxylic acids is 1. The number of hydrogen-bond acceptors (Lipinski definition) is 5. The third kappa shape index (κ3) is 2.76. The molecule has 0 atom stereocenters. The summed E-state index contributed by atoms with van der Waals surface area (Å²) in [5.41, 5.74) is 4.40. The summed E-state index contributed by atoms with van der Waals surface area (Å²) in [5, 5.41) is 22.4. The summed E-state index contributed by atoms with van der Waals surface area (Å²) in [6.45, 7) is 3.98. The minimum Gasteiger partial charge on any atom is -0.478 e. The fourth-order valence-electron chi connectivity index (χ4n) is 3.54. The average Bonchev–Trinajstić information content (AvgIpc) is 3.30. The molecule has 3 aromatic heterocycles. The van der Waals surface area contributed by atoms with E-state index in [1.807, 2.05) is 24.5 Å². The fourth-order valence-corrected chi connectivity index (χ4v) is 5.04. The second kappa shape index (κ2) is 6.53. The van der Waals surface area contributed by atoms with E-state index in [0.717, 1.165) is 53.2 Å². The molecule has 8 heteroatoms. The second-order valence-electron chi connectivity index (χ2n) is 6.44. The van der Waals surface area contributed by atoms with Crippen molar-refractivity contribution in [1.29, 1.82) is 0 Å². The third-order valence-corrected chi connectivity index (χ3v) is 6.05. The largest absolute Gasteiger partial charge is 0.478 e. The highest BCUT2D eigenvalue weighted by Gasteiger charge is 2.27. The Balaban J connectivity index is 1.82. The molecule has 7 nitrogen and oxygen atoms in total. The molecule has 0 saturated heterocycles. The van der Waals surface area contributed by atoms with Crippen LogP contribution in [0.4, 0.5) is 0 Å². The molecule has 26 heavy (non-hydrogen) atoms. The van der Waals surface area contributed by atoms with Crippen molar-refractivity contribution >= 4 is 23.5 Å². The standard InChI is InChI=1S/C18H19N5O2S/c1-11-7-13(8-21-22-9-19-20-10-22)12(2)23(11)17-16(18(24)25)14-5-3-4-6-15(14)26-17/h7-10H,3-6H2,1-2H3,(H,24,25). The second-order valence-corrected chi connectivity index (χ2v) is 7.53. The van der Waals surface area contributed by atoms with Crippen LogP contribution in [0.15, 0.2) is 23.8 Å². The zero-order valence-corrected chi connectivity index (χ0v) is 15.5. The van der Waals surface area contributed by atoms with E-state index in [1.54, 1.807) is 17.6 Å². The van der Waals surface area contributed by atoms with E-state index >= 15 is 0 Å². The number of hydrogen-bond donors (Lipinski definition) is 1. The van der Waals surface area contributed by atoms with Gasteiger partial charge in [-0.3, -0.25) is 0 Å². The number of rotatable bonds is 4. The molecule has 1 aliphatic carbocycles. The van der Waals surface area contributed by atoms with Gasteiger partial charge in [0.25, 0.3) is 0 Å². The fraction of sp³-hybridized carbons (Fsp3) is 0.333. The lowest BCUT2D eigenvalue weighted by Gasteiger charge is -2.11. The number of carboxylic acid groups (broad SMARTS) is 1. The van der Waals surface area contributed by atoms with Crippen LogP contribution in [0.2, 0.25) is 0 Å². The van der Waals surface area contributed by atoms with Crippen LogP contribution in [-0.2, 0) is 12.8 Å². The van der Waals surface area contributed by atoms with Gasteiger partial charge in [-0.15, -0.1) is 21.5 Å². The Morgan fingerprint density at radius 1 is 1.27 bits per heavy atom. The normalized spacial score (nSPS) is 14.1. The topological polar surface area (TPSA) is 85.3 Å². The lowest BCUT2D eigenvalue weighted by Crippen LogP contribution is -2.09. The number of carboxylic acids is 1. The minimum absolute atomic E-state index is 0.466. The van der Waals surface area contributed by atoms with Crippen molar-refractivity contribution in [2.75, 3.05) is 0 Å². The molecule has 0 aromatic carbocycles. The first-order valence-corrected chi connectivity index (χ1v) is 9.34. The predicted molar refractivity (Wildman–Crippen MR) is 99.7 cm³/mol. The molecule has 0 unspecified atom stereocenters. The van der Waals surface area contributed by atoms with Gasteiger partial charge in [-0.2, -0.15) is 5.10 Å². The van der Waals surface area contributed by atoms with Crippen molar-refractivity contribution in [2.24, 2.45) is 5.10 Å². The highest BCUT2D eigenvalue weighted by atomic mass is 32.1. The molecule has 0 aliphatic heterocycles. The van der Waals surface area contributed by atoms with Gasteiger partial charge in [-0.25, -0.2) is 9.47 Å². The molecule has 4 rings (SSSR count). The maximum absolute atomic E-state index is 12.0. The van der Waals surface area contributed by atoms with Crippen LogP contribution in [0.3, 0.4) is 0 Å². The van der Waals surface area contributed by atoms with Gasteiger partial charge in [0, 0.05) is 21.8 Å². The predicted octanol–water partition coefficient (Wildman–Crippen LogP) is 3.21. The van der Waals surface area contributed by atoms with Gasteiger partial charge in [-0.05, 0) is 51.2 Å². The highest BCUT2D eigenvalue weighted by Crippen LogP contribution is 2.38.